The standard InChI is InChI=1S/C18H20BrNO5/c1-22-17-8-13(9-20-4-5-21)6-14(19)18(17)23-10-12-2-3-15-16(7-12)25-11-24-15/h2-3,6-8,20-21H,4-5,9-11H2,1H3. The van der Waals surface area contributed by atoms with E-state index in [9.17, 15) is 0 Å². The van der Waals surface area contributed by atoms with E-state index in [-0.39, 0.29) is 13.4 Å². The molecule has 25 heavy (non-hydrogen) atoms. The summed E-state index contributed by atoms with van der Waals surface area (Å²) in [4.78, 5) is 0. The normalized spacial score (nSPS) is 12.3. The molecule has 0 saturated heterocycles. The summed E-state index contributed by atoms with van der Waals surface area (Å²) in [6.07, 6.45) is 0. The lowest BCUT2D eigenvalue weighted by atomic mass is 10.2. The Kier molecular flexibility index (Phi) is 6.01. The first kappa shape index (κ1) is 17.8. The highest BCUT2D eigenvalue weighted by atomic mass is 79.9. The van der Waals surface area contributed by atoms with Gasteiger partial charge in [0, 0.05) is 13.1 Å². The molecule has 2 aromatic rings. The third-order valence-electron chi connectivity index (χ3n) is 3.73. The summed E-state index contributed by atoms with van der Waals surface area (Å²) in [6, 6.07) is 9.63. The van der Waals surface area contributed by atoms with Gasteiger partial charge >= 0.3 is 0 Å². The highest BCUT2D eigenvalue weighted by Crippen LogP contribution is 2.38. The quantitative estimate of drug-likeness (QED) is 0.653. The van der Waals surface area contributed by atoms with E-state index >= 15 is 0 Å². The maximum atomic E-state index is 8.85. The summed E-state index contributed by atoms with van der Waals surface area (Å²) in [5, 5.41) is 12.0. The Bertz CT molecular complexity index is 738. The number of nitrogens with one attached hydrogen (secondary N) is 1. The van der Waals surface area contributed by atoms with E-state index < -0.39 is 0 Å². The summed E-state index contributed by atoms with van der Waals surface area (Å²) < 4.78 is 22.9. The lowest BCUT2D eigenvalue weighted by molar-refractivity contribution is 0.174. The monoisotopic (exact) mass is 409 g/mol. The van der Waals surface area contributed by atoms with Crippen molar-refractivity contribution in [1.29, 1.82) is 0 Å². The number of ether oxygens (including phenoxy) is 4. The van der Waals surface area contributed by atoms with Crippen LogP contribution < -0.4 is 24.3 Å². The highest BCUT2D eigenvalue weighted by Gasteiger charge is 2.15. The zero-order chi connectivity index (χ0) is 17.6. The Balaban J connectivity index is 1.70. The van der Waals surface area contributed by atoms with E-state index in [1.807, 2.05) is 30.3 Å². The maximum absolute atomic E-state index is 8.85. The van der Waals surface area contributed by atoms with E-state index in [2.05, 4.69) is 21.2 Å². The zero-order valence-electron chi connectivity index (χ0n) is 13.9. The summed E-state index contributed by atoms with van der Waals surface area (Å²) in [5.41, 5.74) is 2.01. The van der Waals surface area contributed by atoms with Crippen LogP contribution in [0.25, 0.3) is 0 Å². The van der Waals surface area contributed by atoms with Gasteiger partial charge in [-0.1, -0.05) is 6.07 Å². The molecule has 0 spiro atoms. The second-order valence-electron chi connectivity index (χ2n) is 5.49. The molecule has 0 fully saturated rings. The topological polar surface area (TPSA) is 69.2 Å². The van der Waals surface area contributed by atoms with Gasteiger partial charge in [0.15, 0.2) is 23.0 Å². The van der Waals surface area contributed by atoms with Crippen molar-refractivity contribution in [3.8, 4) is 23.0 Å². The SMILES string of the molecule is COc1cc(CNCCO)cc(Br)c1OCc1ccc2c(c1)OCO2. The lowest BCUT2D eigenvalue weighted by Crippen LogP contribution is -2.17. The summed E-state index contributed by atoms with van der Waals surface area (Å²) in [5.74, 6) is 2.78. The molecule has 0 amide bonds. The van der Waals surface area contributed by atoms with Crippen LogP contribution in [0.15, 0.2) is 34.8 Å². The predicted octanol–water partition coefficient (Wildman–Crippen LogP) is 2.85. The van der Waals surface area contributed by atoms with Crippen molar-refractivity contribution >= 4 is 15.9 Å². The lowest BCUT2D eigenvalue weighted by Gasteiger charge is -2.15. The van der Waals surface area contributed by atoms with E-state index in [0.29, 0.717) is 31.2 Å². The van der Waals surface area contributed by atoms with Crippen LogP contribution in [0.5, 0.6) is 23.0 Å². The van der Waals surface area contributed by atoms with Crippen molar-refractivity contribution in [2.45, 2.75) is 13.2 Å². The van der Waals surface area contributed by atoms with Crippen molar-refractivity contribution in [2.75, 3.05) is 27.1 Å². The van der Waals surface area contributed by atoms with Crippen molar-refractivity contribution < 1.29 is 24.1 Å². The molecule has 2 N–H and O–H groups in total. The van der Waals surface area contributed by atoms with Crippen molar-refractivity contribution in [2.24, 2.45) is 0 Å². The fourth-order valence-corrected chi connectivity index (χ4v) is 3.12. The molecule has 1 aliphatic rings. The highest BCUT2D eigenvalue weighted by molar-refractivity contribution is 9.10. The number of rotatable bonds is 8. The first-order valence-corrected chi connectivity index (χ1v) is 8.70. The number of fused-ring (bicyclic) bond motifs is 1. The Labute approximate surface area is 154 Å². The number of hydrogen-bond acceptors (Lipinski definition) is 6. The molecule has 0 aromatic heterocycles. The number of methoxy groups -OCH3 is 1. The molecular weight excluding hydrogens is 390 g/mol. The smallest absolute Gasteiger partial charge is 0.231 e. The van der Waals surface area contributed by atoms with Crippen LogP contribution >= 0.6 is 15.9 Å². The van der Waals surface area contributed by atoms with E-state index in [1.165, 1.54) is 0 Å². The third-order valence-corrected chi connectivity index (χ3v) is 4.32. The number of aliphatic hydroxyl groups excluding tert-OH is 1. The minimum atomic E-state index is 0.106. The largest absolute Gasteiger partial charge is 0.493 e. The maximum Gasteiger partial charge on any atom is 0.231 e. The minimum Gasteiger partial charge on any atom is -0.493 e. The molecule has 134 valence electrons. The average Bonchev–Trinajstić information content (AvgIpc) is 3.08. The molecule has 3 rings (SSSR count). The number of halogens is 1. The number of benzene rings is 2. The van der Waals surface area contributed by atoms with Gasteiger partial charge in [0.2, 0.25) is 6.79 Å². The second-order valence-corrected chi connectivity index (χ2v) is 6.34. The van der Waals surface area contributed by atoms with Crippen LogP contribution in [0.4, 0.5) is 0 Å². The van der Waals surface area contributed by atoms with Crippen molar-refractivity contribution in [1.82, 2.24) is 5.32 Å². The molecule has 0 saturated carbocycles. The fraction of sp³-hybridized carbons (Fsp3) is 0.333. The van der Waals surface area contributed by atoms with Gasteiger partial charge in [0.25, 0.3) is 0 Å². The predicted molar refractivity (Wildman–Crippen MR) is 96.4 cm³/mol. The third kappa shape index (κ3) is 4.36. The van der Waals surface area contributed by atoms with Gasteiger partial charge in [-0.25, -0.2) is 0 Å². The van der Waals surface area contributed by atoms with Gasteiger partial charge in [0.1, 0.15) is 6.61 Å². The van der Waals surface area contributed by atoms with E-state index in [0.717, 1.165) is 27.1 Å². The van der Waals surface area contributed by atoms with Gasteiger partial charge < -0.3 is 29.4 Å². The molecule has 0 bridgehead atoms. The van der Waals surface area contributed by atoms with E-state index in [1.54, 1.807) is 7.11 Å². The Hall–Kier alpha value is -1.96. The van der Waals surface area contributed by atoms with Crippen molar-refractivity contribution in [3.63, 3.8) is 0 Å². The first-order valence-electron chi connectivity index (χ1n) is 7.90. The molecule has 1 heterocycles. The summed E-state index contributed by atoms with van der Waals surface area (Å²) in [7, 11) is 1.61. The molecule has 6 nitrogen and oxygen atoms in total. The number of aliphatic hydroxyl groups is 1. The van der Waals surface area contributed by atoms with Gasteiger partial charge in [-0.2, -0.15) is 0 Å². The molecule has 0 radical (unpaired) electrons. The Morgan fingerprint density at radius 3 is 2.80 bits per heavy atom. The van der Waals surface area contributed by atoms with Gasteiger partial charge in [-0.05, 0) is 51.3 Å². The Morgan fingerprint density at radius 2 is 2.00 bits per heavy atom. The molecule has 2 aromatic carbocycles. The van der Waals surface area contributed by atoms with Crippen LogP contribution in [0.3, 0.4) is 0 Å². The van der Waals surface area contributed by atoms with Crippen LogP contribution in [-0.2, 0) is 13.2 Å². The molecule has 7 heteroatoms. The number of hydrogen-bond donors (Lipinski definition) is 2. The van der Waals surface area contributed by atoms with Crippen LogP contribution in [-0.4, -0.2) is 32.2 Å². The molecule has 0 aliphatic carbocycles. The Morgan fingerprint density at radius 1 is 1.16 bits per heavy atom. The minimum absolute atomic E-state index is 0.106. The van der Waals surface area contributed by atoms with Crippen LogP contribution in [0.2, 0.25) is 0 Å². The zero-order valence-corrected chi connectivity index (χ0v) is 15.5. The van der Waals surface area contributed by atoms with Crippen molar-refractivity contribution in [3.05, 3.63) is 45.9 Å². The van der Waals surface area contributed by atoms with Gasteiger partial charge in [-0.3, -0.25) is 0 Å². The molecule has 0 unspecified atom stereocenters. The molecule has 0 atom stereocenters. The first-order chi connectivity index (χ1) is 12.2. The molecular formula is C18H20BrNO5. The van der Waals surface area contributed by atoms with E-state index in [4.69, 9.17) is 24.1 Å². The summed E-state index contributed by atoms with van der Waals surface area (Å²) >= 11 is 3.54. The van der Waals surface area contributed by atoms with Gasteiger partial charge in [-0.15, -0.1) is 0 Å². The fourth-order valence-electron chi connectivity index (χ4n) is 2.51. The van der Waals surface area contributed by atoms with Gasteiger partial charge in [0.05, 0.1) is 18.2 Å². The second kappa shape index (κ2) is 8.42. The van der Waals surface area contributed by atoms with Crippen LogP contribution in [0, 0.1) is 0 Å². The molecule has 1 aliphatic heterocycles. The average molecular weight is 410 g/mol. The van der Waals surface area contributed by atoms with Crippen LogP contribution in [0.1, 0.15) is 11.1 Å². The summed E-state index contributed by atoms with van der Waals surface area (Å²) in [6.45, 7) is 1.92.